The van der Waals surface area contributed by atoms with Crippen LogP contribution in [0.3, 0.4) is 0 Å². The number of hydrogen-bond donors (Lipinski definition) is 1. The van der Waals surface area contributed by atoms with Gasteiger partial charge in [0.2, 0.25) is 0 Å². The van der Waals surface area contributed by atoms with Crippen molar-refractivity contribution >= 4 is 18.7 Å². The average Bonchev–Trinajstić information content (AvgIpc) is 2.86. The Balaban J connectivity index is 1.75. The lowest BCUT2D eigenvalue weighted by molar-refractivity contribution is 0.00578. The Labute approximate surface area is 172 Å². The summed E-state index contributed by atoms with van der Waals surface area (Å²) in [4.78, 5) is 23.6. The second-order valence-corrected chi connectivity index (χ2v) is 8.86. The zero-order valence-electron chi connectivity index (χ0n) is 18.1. The molecule has 1 N–H and O–H groups in total. The summed E-state index contributed by atoms with van der Waals surface area (Å²) in [5, 5.41) is 2.83. The Morgan fingerprint density at radius 3 is 2.31 bits per heavy atom. The van der Waals surface area contributed by atoms with Crippen molar-refractivity contribution in [3.8, 4) is 5.75 Å². The molecule has 0 bridgehead atoms. The lowest BCUT2D eigenvalue weighted by Gasteiger charge is -2.32. The van der Waals surface area contributed by atoms with E-state index >= 15 is 0 Å². The number of nitrogens with zero attached hydrogens (tertiary/aromatic N) is 1. The minimum absolute atomic E-state index is 0.0426. The summed E-state index contributed by atoms with van der Waals surface area (Å²) >= 11 is 0. The Morgan fingerprint density at radius 2 is 1.76 bits per heavy atom. The third-order valence-corrected chi connectivity index (χ3v) is 6.20. The number of hydrogen-bond acceptors (Lipinski definition) is 6. The van der Waals surface area contributed by atoms with Crippen LogP contribution < -0.4 is 21.1 Å². The molecule has 29 heavy (non-hydrogen) atoms. The van der Waals surface area contributed by atoms with Crippen molar-refractivity contribution in [2.45, 2.75) is 76.7 Å². The molecule has 160 valence electrons. The fourth-order valence-corrected chi connectivity index (χ4v) is 3.61. The number of rotatable bonds is 4. The van der Waals surface area contributed by atoms with E-state index in [1.54, 1.807) is 13.2 Å². The highest BCUT2D eigenvalue weighted by Crippen LogP contribution is 2.37. The van der Waals surface area contributed by atoms with Crippen LogP contribution in [-0.2, 0) is 21.1 Å². The van der Waals surface area contributed by atoms with Crippen LogP contribution in [0.4, 0.5) is 4.79 Å². The number of nitrogens with one attached hydrogen (secondary N) is 1. The molecule has 8 nitrogen and oxygen atoms in total. The first-order valence-corrected chi connectivity index (χ1v) is 10.1. The fraction of sp³-hybridized carbons (Fsp3) is 0.700. The molecule has 1 saturated heterocycles. The summed E-state index contributed by atoms with van der Waals surface area (Å²) in [7, 11) is 2.45. The Morgan fingerprint density at radius 1 is 1.17 bits per heavy atom. The van der Waals surface area contributed by atoms with Crippen molar-refractivity contribution in [1.82, 2.24) is 9.88 Å². The van der Waals surface area contributed by atoms with E-state index in [-0.39, 0.29) is 17.7 Å². The van der Waals surface area contributed by atoms with E-state index in [1.807, 2.05) is 27.7 Å². The van der Waals surface area contributed by atoms with Gasteiger partial charge < -0.3 is 28.7 Å². The SMILES string of the molecule is COC(=O)N[C@H]1CC[C@H](Oc2cc(=O)n(C)cc2B2OC(C)(C)C(C)(C)O2)CC1. The number of carbonyl (C=O) groups is 1. The molecule has 1 aliphatic carbocycles. The van der Waals surface area contributed by atoms with Gasteiger partial charge in [-0.2, -0.15) is 0 Å². The monoisotopic (exact) mass is 406 g/mol. The number of methoxy groups -OCH3 is 1. The lowest BCUT2D eigenvalue weighted by atomic mass is 9.79. The van der Waals surface area contributed by atoms with E-state index in [1.165, 1.54) is 17.7 Å². The van der Waals surface area contributed by atoms with Gasteiger partial charge in [-0.25, -0.2) is 4.79 Å². The second-order valence-electron chi connectivity index (χ2n) is 8.86. The summed E-state index contributed by atoms with van der Waals surface area (Å²) < 4.78 is 24.7. The molecule has 1 aliphatic heterocycles. The van der Waals surface area contributed by atoms with Gasteiger partial charge in [0.05, 0.1) is 24.4 Å². The van der Waals surface area contributed by atoms with Crippen LogP contribution in [-0.4, -0.2) is 48.2 Å². The molecule has 2 fully saturated rings. The summed E-state index contributed by atoms with van der Waals surface area (Å²) in [6.07, 6.45) is 4.39. The number of ether oxygens (including phenoxy) is 2. The first-order valence-electron chi connectivity index (χ1n) is 10.1. The second kappa shape index (κ2) is 8.03. The molecular weight excluding hydrogens is 375 g/mol. The van der Waals surface area contributed by atoms with Crippen LogP contribution in [0, 0.1) is 0 Å². The van der Waals surface area contributed by atoms with Gasteiger partial charge in [0.1, 0.15) is 5.75 Å². The number of carbonyl (C=O) groups excluding carboxylic acids is 1. The Bertz CT molecular complexity index is 798. The molecule has 0 aromatic carbocycles. The molecule has 2 heterocycles. The van der Waals surface area contributed by atoms with E-state index < -0.39 is 24.4 Å². The van der Waals surface area contributed by atoms with Gasteiger partial charge in [-0.05, 0) is 53.4 Å². The number of aromatic nitrogens is 1. The molecule has 0 radical (unpaired) electrons. The van der Waals surface area contributed by atoms with Crippen molar-refractivity contribution in [3.63, 3.8) is 0 Å². The van der Waals surface area contributed by atoms with Crippen LogP contribution in [0.5, 0.6) is 5.75 Å². The van der Waals surface area contributed by atoms with E-state index in [4.69, 9.17) is 14.0 Å². The molecule has 1 amide bonds. The zero-order valence-corrected chi connectivity index (χ0v) is 18.1. The molecule has 1 saturated carbocycles. The molecule has 1 aromatic heterocycles. The van der Waals surface area contributed by atoms with Crippen LogP contribution in [0.15, 0.2) is 17.1 Å². The molecule has 2 aliphatic rings. The molecule has 0 spiro atoms. The van der Waals surface area contributed by atoms with Gasteiger partial charge in [-0.1, -0.05) is 0 Å². The highest BCUT2D eigenvalue weighted by atomic mass is 16.7. The lowest BCUT2D eigenvalue weighted by Crippen LogP contribution is -2.42. The maximum absolute atomic E-state index is 12.2. The highest BCUT2D eigenvalue weighted by Gasteiger charge is 2.52. The first-order chi connectivity index (χ1) is 13.5. The van der Waals surface area contributed by atoms with Crippen LogP contribution in [0.2, 0.25) is 0 Å². The molecular formula is C20H31BN2O6. The van der Waals surface area contributed by atoms with Crippen LogP contribution in [0.25, 0.3) is 0 Å². The Hall–Kier alpha value is -2.00. The van der Waals surface area contributed by atoms with E-state index in [0.29, 0.717) is 11.2 Å². The van der Waals surface area contributed by atoms with Crippen molar-refractivity contribution in [1.29, 1.82) is 0 Å². The van der Waals surface area contributed by atoms with Gasteiger partial charge in [0.25, 0.3) is 5.56 Å². The van der Waals surface area contributed by atoms with Gasteiger partial charge >= 0.3 is 13.2 Å². The van der Waals surface area contributed by atoms with Crippen molar-refractivity contribution < 1.29 is 23.6 Å². The van der Waals surface area contributed by atoms with Gasteiger partial charge in [0, 0.05) is 30.8 Å². The third-order valence-electron chi connectivity index (χ3n) is 6.20. The van der Waals surface area contributed by atoms with Crippen molar-refractivity contribution in [2.75, 3.05) is 7.11 Å². The van der Waals surface area contributed by atoms with Crippen LogP contribution >= 0.6 is 0 Å². The number of alkyl carbamates (subject to hydrolysis) is 1. The predicted octanol–water partition coefficient (Wildman–Crippen LogP) is 1.73. The minimum Gasteiger partial charge on any atom is -0.491 e. The smallest absolute Gasteiger partial charge is 0.491 e. The fourth-order valence-electron chi connectivity index (χ4n) is 3.61. The van der Waals surface area contributed by atoms with Gasteiger partial charge in [-0.3, -0.25) is 4.79 Å². The topological polar surface area (TPSA) is 88.0 Å². The predicted molar refractivity (Wildman–Crippen MR) is 110 cm³/mol. The summed E-state index contributed by atoms with van der Waals surface area (Å²) in [5.74, 6) is 0.496. The molecule has 0 unspecified atom stereocenters. The molecule has 0 atom stereocenters. The standard InChI is InChI=1S/C20H31BN2O6/c1-19(2)20(3,4)29-21(28-19)15-12-23(5)17(24)11-16(15)27-14-9-7-13(8-10-14)22-18(25)26-6/h11-14H,7-10H2,1-6H3,(H,22,25)/t13-,14-. The quantitative estimate of drug-likeness (QED) is 0.767. The normalized spacial score (nSPS) is 25.5. The minimum atomic E-state index is -0.612. The largest absolute Gasteiger partial charge is 0.500 e. The molecule has 3 rings (SSSR count). The maximum atomic E-state index is 12.2. The highest BCUT2D eigenvalue weighted by molar-refractivity contribution is 6.63. The maximum Gasteiger partial charge on any atom is 0.500 e. The average molecular weight is 406 g/mol. The van der Waals surface area contributed by atoms with Crippen molar-refractivity contribution in [2.24, 2.45) is 7.05 Å². The van der Waals surface area contributed by atoms with Crippen molar-refractivity contribution in [3.05, 3.63) is 22.6 Å². The van der Waals surface area contributed by atoms with Crippen LogP contribution in [0.1, 0.15) is 53.4 Å². The number of aryl methyl sites for hydroxylation is 1. The summed E-state index contributed by atoms with van der Waals surface area (Å²) in [5.41, 5.74) is -0.412. The first kappa shape index (κ1) is 21.7. The van der Waals surface area contributed by atoms with E-state index in [2.05, 4.69) is 10.1 Å². The number of pyridine rings is 1. The molecule has 9 heteroatoms. The molecule has 1 aromatic rings. The summed E-state index contributed by atoms with van der Waals surface area (Å²) in [6, 6.07) is 1.58. The van der Waals surface area contributed by atoms with E-state index in [0.717, 1.165) is 25.7 Å². The van der Waals surface area contributed by atoms with Gasteiger partial charge in [0.15, 0.2) is 0 Å². The summed E-state index contributed by atoms with van der Waals surface area (Å²) in [6.45, 7) is 7.96. The zero-order chi connectivity index (χ0) is 21.4. The third kappa shape index (κ3) is 4.61. The van der Waals surface area contributed by atoms with Gasteiger partial charge in [-0.15, -0.1) is 0 Å². The Kier molecular flexibility index (Phi) is 6.01. The number of amides is 1. The van der Waals surface area contributed by atoms with E-state index in [9.17, 15) is 9.59 Å².